The standard InChI is InChI=1S/C12H13F2NO4S/c1-7-3-10(9(14)4-8(7)13)20(17,18)15-11(16)12(2)5-19-6-12/h3-4H,5-6H2,1-2H3,(H,15,16). The zero-order chi connectivity index (χ0) is 15.1. The van der Waals surface area contributed by atoms with E-state index < -0.39 is 37.9 Å². The van der Waals surface area contributed by atoms with E-state index in [0.717, 1.165) is 6.07 Å². The zero-order valence-corrected chi connectivity index (χ0v) is 11.7. The predicted molar refractivity (Wildman–Crippen MR) is 65.3 cm³/mol. The molecule has 1 saturated heterocycles. The highest BCUT2D eigenvalue weighted by molar-refractivity contribution is 7.90. The molecule has 110 valence electrons. The molecular formula is C12H13F2NO4S. The number of carbonyl (C=O) groups is 1. The molecule has 2 rings (SSSR count). The van der Waals surface area contributed by atoms with Gasteiger partial charge in [-0.2, -0.15) is 0 Å². The summed E-state index contributed by atoms with van der Waals surface area (Å²) in [5.41, 5.74) is -0.976. The van der Waals surface area contributed by atoms with Crippen LogP contribution in [-0.2, 0) is 19.6 Å². The van der Waals surface area contributed by atoms with Gasteiger partial charge in [-0.1, -0.05) is 0 Å². The van der Waals surface area contributed by atoms with Crippen LogP contribution in [-0.4, -0.2) is 27.5 Å². The summed E-state index contributed by atoms with van der Waals surface area (Å²) in [6, 6.07) is 1.32. The number of aryl methyl sites for hydroxylation is 1. The molecule has 1 aliphatic rings. The fourth-order valence-electron chi connectivity index (χ4n) is 1.68. The molecule has 0 atom stereocenters. The van der Waals surface area contributed by atoms with E-state index in [2.05, 4.69) is 0 Å². The molecule has 1 aromatic rings. The molecular weight excluding hydrogens is 292 g/mol. The van der Waals surface area contributed by atoms with E-state index in [0.29, 0.717) is 6.07 Å². The molecule has 20 heavy (non-hydrogen) atoms. The molecule has 0 bridgehead atoms. The third-order valence-electron chi connectivity index (χ3n) is 3.12. The molecule has 1 N–H and O–H groups in total. The monoisotopic (exact) mass is 305 g/mol. The summed E-state index contributed by atoms with van der Waals surface area (Å²) in [6.07, 6.45) is 0. The molecule has 8 heteroatoms. The lowest BCUT2D eigenvalue weighted by Crippen LogP contribution is -2.53. The van der Waals surface area contributed by atoms with Gasteiger partial charge in [0.05, 0.1) is 18.6 Å². The highest BCUT2D eigenvalue weighted by atomic mass is 32.2. The van der Waals surface area contributed by atoms with E-state index >= 15 is 0 Å². The molecule has 1 aromatic carbocycles. The Morgan fingerprint density at radius 2 is 1.90 bits per heavy atom. The van der Waals surface area contributed by atoms with Gasteiger partial charge in [0.2, 0.25) is 5.91 Å². The van der Waals surface area contributed by atoms with Crippen LogP contribution in [0.25, 0.3) is 0 Å². The summed E-state index contributed by atoms with van der Waals surface area (Å²) in [5, 5.41) is 0. The third kappa shape index (κ3) is 2.53. The van der Waals surface area contributed by atoms with Gasteiger partial charge in [-0.05, 0) is 25.5 Å². The number of nitrogens with one attached hydrogen (secondary N) is 1. The van der Waals surface area contributed by atoms with Gasteiger partial charge in [0.25, 0.3) is 10.0 Å². The molecule has 0 aromatic heterocycles. The van der Waals surface area contributed by atoms with E-state index in [1.54, 1.807) is 4.72 Å². The summed E-state index contributed by atoms with van der Waals surface area (Å²) in [7, 11) is -4.39. The predicted octanol–water partition coefficient (Wildman–Crippen LogP) is 1.11. The Kier molecular flexibility index (Phi) is 3.55. The molecule has 1 heterocycles. The first-order chi connectivity index (χ1) is 9.16. The Morgan fingerprint density at radius 3 is 2.40 bits per heavy atom. The van der Waals surface area contributed by atoms with Crippen LogP contribution in [0.3, 0.4) is 0 Å². The Hall–Kier alpha value is -1.54. The number of sulfonamides is 1. The second kappa shape index (κ2) is 4.78. The molecule has 1 aliphatic heterocycles. The molecule has 0 saturated carbocycles. The van der Waals surface area contributed by atoms with Crippen molar-refractivity contribution in [3.63, 3.8) is 0 Å². The lowest BCUT2D eigenvalue weighted by atomic mass is 9.88. The largest absolute Gasteiger partial charge is 0.379 e. The first-order valence-corrected chi connectivity index (χ1v) is 7.25. The van der Waals surface area contributed by atoms with Crippen LogP contribution >= 0.6 is 0 Å². The fraction of sp³-hybridized carbons (Fsp3) is 0.417. The quantitative estimate of drug-likeness (QED) is 0.908. The average molecular weight is 305 g/mol. The molecule has 1 fully saturated rings. The number of ether oxygens (including phenoxy) is 1. The van der Waals surface area contributed by atoms with Gasteiger partial charge >= 0.3 is 0 Å². The molecule has 5 nitrogen and oxygen atoms in total. The van der Waals surface area contributed by atoms with Gasteiger partial charge < -0.3 is 4.74 Å². The second-order valence-corrected chi connectivity index (χ2v) is 6.67. The number of carbonyl (C=O) groups excluding carboxylic acids is 1. The summed E-state index contributed by atoms with van der Waals surface area (Å²) in [5.74, 6) is -2.87. The van der Waals surface area contributed by atoms with Gasteiger partial charge in [-0.15, -0.1) is 0 Å². The highest BCUT2D eigenvalue weighted by Crippen LogP contribution is 2.27. The van der Waals surface area contributed by atoms with Crippen molar-refractivity contribution in [3.8, 4) is 0 Å². The van der Waals surface area contributed by atoms with Crippen LogP contribution in [0.2, 0.25) is 0 Å². The first kappa shape index (κ1) is 14.9. The molecule has 0 spiro atoms. The summed E-state index contributed by atoms with van der Waals surface area (Å²) >= 11 is 0. The topological polar surface area (TPSA) is 72.5 Å². The Morgan fingerprint density at radius 1 is 1.30 bits per heavy atom. The van der Waals surface area contributed by atoms with Crippen molar-refractivity contribution >= 4 is 15.9 Å². The molecule has 1 amide bonds. The van der Waals surface area contributed by atoms with E-state index in [9.17, 15) is 22.0 Å². The van der Waals surface area contributed by atoms with E-state index in [1.807, 2.05) is 0 Å². The van der Waals surface area contributed by atoms with Gasteiger partial charge in [0.1, 0.15) is 16.5 Å². The van der Waals surface area contributed by atoms with Crippen LogP contribution in [0, 0.1) is 24.0 Å². The molecule has 0 aliphatic carbocycles. The maximum Gasteiger partial charge on any atom is 0.266 e. The number of benzene rings is 1. The molecule has 0 radical (unpaired) electrons. The number of rotatable bonds is 3. The van der Waals surface area contributed by atoms with Crippen LogP contribution < -0.4 is 4.72 Å². The van der Waals surface area contributed by atoms with E-state index in [1.165, 1.54) is 13.8 Å². The van der Waals surface area contributed by atoms with Crippen LogP contribution in [0.1, 0.15) is 12.5 Å². The smallest absolute Gasteiger partial charge is 0.266 e. The van der Waals surface area contributed by atoms with Crippen LogP contribution in [0.5, 0.6) is 0 Å². The second-order valence-electron chi connectivity index (χ2n) is 5.02. The van der Waals surface area contributed by atoms with Gasteiger partial charge in [-0.25, -0.2) is 21.9 Å². The van der Waals surface area contributed by atoms with E-state index in [-0.39, 0.29) is 18.8 Å². The minimum atomic E-state index is -4.39. The van der Waals surface area contributed by atoms with Gasteiger partial charge in [-0.3, -0.25) is 4.79 Å². The Labute approximate surface area is 115 Å². The lowest BCUT2D eigenvalue weighted by Gasteiger charge is -2.35. The minimum Gasteiger partial charge on any atom is -0.379 e. The van der Waals surface area contributed by atoms with Crippen molar-refractivity contribution in [2.45, 2.75) is 18.7 Å². The van der Waals surface area contributed by atoms with Crippen molar-refractivity contribution in [1.29, 1.82) is 0 Å². The highest BCUT2D eigenvalue weighted by Gasteiger charge is 2.43. The summed E-state index contributed by atoms with van der Waals surface area (Å²) in [4.78, 5) is 11.1. The van der Waals surface area contributed by atoms with E-state index in [4.69, 9.17) is 4.74 Å². The maximum absolute atomic E-state index is 13.6. The van der Waals surface area contributed by atoms with Crippen molar-refractivity contribution in [1.82, 2.24) is 4.72 Å². The number of hydrogen-bond donors (Lipinski definition) is 1. The minimum absolute atomic E-state index is 0.0302. The lowest BCUT2D eigenvalue weighted by molar-refractivity contribution is -0.155. The SMILES string of the molecule is Cc1cc(S(=O)(=O)NC(=O)C2(C)COC2)c(F)cc1F. The number of amides is 1. The van der Waals surface area contributed by atoms with Gasteiger partial charge in [0.15, 0.2) is 0 Å². The number of hydrogen-bond acceptors (Lipinski definition) is 4. The van der Waals surface area contributed by atoms with Crippen molar-refractivity contribution in [2.24, 2.45) is 5.41 Å². The normalized spacial score (nSPS) is 17.4. The molecule has 0 unspecified atom stereocenters. The van der Waals surface area contributed by atoms with Crippen molar-refractivity contribution < 1.29 is 26.7 Å². The van der Waals surface area contributed by atoms with Crippen molar-refractivity contribution in [2.75, 3.05) is 13.2 Å². The first-order valence-electron chi connectivity index (χ1n) is 5.76. The maximum atomic E-state index is 13.6. The zero-order valence-electron chi connectivity index (χ0n) is 10.9. The fourth-order valence-corrected chi connectivity index (χ4v) is 2.92. The Bertz CT molecular complexity index is 668. The third-order valence-corrected chi connectivity index (χ3v) is 4.47. The summed E-state index contributed by atoms with van der Waals surface area (Å²) in [6.45, 7) is 3.03. The number of halogens is 2. The van der Waals surface area contributed by atoms with Gasteiger partial charge in [0, 0.05) is 6.07 Å². The summed E-state index contributed by atoms with van der Waals surface area (Å²) < 4.78 is 57.3. The Balaban J connectivity index is 2.31. The average Bonchev–Trinajstić information content (AvgIpc) is 2.29. The van der Waals surface area contributed by atoms with Crippen molar-refractivity contribution in [3.05, 3.63) is 29.3 Å². The van der Waals surface area contributed by atoms with Crippen LogP contribution in [0.4, 0.5) is 8.78 Å². The van der Waals surface area contributed by atoms with Crippen LogP contribution in [0.15, 0.2) is 17.0 Å².